The number of aromatic amines is 1. The van der Waals surface area contributed by atoms with Crippen molar-refractivity contribution < 1.29 is 5.11 Å². The Balaban J connectivity index is 1.62. The Morgan fingerprint density at radius 3 is 2.32 bits per heavy atom. The Morgan fingerprint density at radius 2 is 1.76 bits per heavy atom. The second-order valence-electron chi connectivity index (χ2n) is 7.02. The van der Waals surface area contributed by atoms with Crippen molar-refractivity contribution in [2.75, 3.05) is 58.9 Å². The molecule has 2 N–H and O–H groups in total. The predicted octanol–water partition coefficient (Wildman–Crippen LogP) is 0.221. The molecule has 138 valence electrons. The molecule has 7 heteroatoms. The monoisotopic (exact) mass is 346 g/mol. The summed E-state index contributed by atoms with van der Waals surface area (Å²) in [6, 6.07) is 2.04. The highest BCUT2D eigenvalue weighted by Gasteiger charge is 2.18. The molecule has 0 aliphatic carbocycles. The number of rotatable bonds is 6. The van der Waals surface area contributed by atoms with Crippen LogP contribution in [0.5, 0.6) is 0 Å². The van der Waals surface area contributed by atoms with Gasteiger partial charge in [-0.3, -0.25) is 24.8 Å². The van der Waals surface area contributed by atoms with E-state index in [1.165, 1.54) is 5.71 Å². The van der Waals surface area contributed by atoms with Crippen LogP contribution < -0.4 is 0 Å². The van der Waals surface area contributed by atoms with E-state index in [4.69, 9.17) is 0 Å². The molecule has 25 heavy (non-hydrogen) atoms. The minimum absolute atomic E-state index is 0.294. The van der Waals surface area contributed by atoms with Crippen molar-refractivity contribution in [3.05, 3.63) is 30.1 Å². The summed E-state index contributed by atoms with van der Waals surface area (Å²) < 4.78 is 0. The highest BCUT2D eigenvalue weighted by atomic mass is 16.3. The number of nitrogens with zero attached hydrogens (tertiary/aromatic N) is 5. The maximum absolute atomic E-state index is 9.80. The minimum atomic E-state index is -0.294. The van der Waals surface area contributed by atoms with Crippen molar-refractivity contribution in [1.29, 1.82) is 0 Å². The summed E-state index contributed by atoms with van der Waals surface area (Å²) in [6.45, 7) is 11.3. The summed E-state index contributed by atoms with van der Waals surface area (Å²) in [4.78, 5) is 11.9. The number of aliphatic imine (C=N–C) groups is 1. The normalized spacial score (nSPS) is 22.4. The lowest BCUT2D eigenvalue weighted by atomic mass is 10.3. The first-order valence-corrected chi connectivity index (χ1v) is 9.22. The topological polar surface area (TPSA) is 71.0 Å². The van der Waals surface area contributed by atoms with Gasteiger partial charge in [0.25, 0.3) is 0 Å². The second-order valence-corrected chi connectivity index (χ2v) is 7.02. The first-order valence-electron chi connectivity index (χ1n) is 9.22. The summed E-state index contributed by atoms with van der Waals surface area (Å²) in [7, 11) is 0. The molecule has 2 aliphatic rings. The Bertz CT molecular complexity index is 568. The number of β-amino-alcohol motifs (C(OH)–C–C–N with tert-alkyl or cyclic N) is 1. The molecule has 1 aromatic rings. The lowest BCUT2D eigenvalue weighted by Gasteiger charge is -2.26. The number of hydrogen-bond donors (Lipinski definition) is 2. The zero-order valence-electron chi connectivity index (χ0n) is 15.1. The number of hydrogen-bond acceptors (Lipinski definition) is 6. The molecule has 0 amide bonds. The molecule has 2 aliphatic heterocycles. The largest absolute Gasteiger partial charge is 0.392 e. The molecule has 0 radical (unpaired) electrons. The van der Waals surface area contributed by atoms with Crippen LogP contribution in [0.2, 0.25) is 0 Å². The van der Waals surface area contributed by atoms with Crippen molar-refractivity contribution in [3.63, 3.8) is 0 Å². The van der Waals surface area contributed by atoms with Gasteiger partial charge >= 0.3 is 0 Å². The predicted molar refractivity (Wildman–Crippen MR) is 99.9 cm³/mol. The Morgan fingerprint density at radius 1 is 1.08 bits per heavy atom. The standard InChI is InChI=1S/C18H30N6O/c1-16(25)13-22-7-9-23(14-17-3-2-5-19-17)11-12-24(10-8-22)15-18-4-6-20-21-18/h2-4,6,16,25H,5,7-15H2,1H3,(H,20,21)/t16-/m0/s1. The van der Waals surface area contributed by atoms with E-state index >= 15 is 0 Å². The molecule has 0 unspecified atom stereocenters. The zero-order chi connectivity index (χ0) is 17.5. The molecule has 1 fully saturated rings. The van der Waals surface area contributed by atoms with Crippen LogP contribution in [0.15, 0.2) is 29.4 Å². The number of aliphatic hydroxyl groups is 1. The minimum Gasteiger partial charge on any atom is -0.392 e. The smallest absolute Gasteiger partial charge is 0.0639 e. The fourth-order valence-electron chi connectivity index (χ4n) is 3.41. The van der Waals surface area contributed by atoms with Crippen molar-refractivity contribution in [2.45, 2.75) is 19.6 Å². The molecule has 0 bridgehead atoms. The van der Waals surface area contributed by atoms with E-state index in [1.54, 1.807) is 0 Å². The lowest BCUT2D eigenvalue weighted by Crippen LogP contribution is -2.40. The number of H-pyrrole nitrogens is 1. The van der Waals surface area contributed by atoms with Crippen molar-refractivity contribution >= 4 is 5.71 Å². The second kappa shape index (κ2) is 9.24. The van der Waals surface area contributed by atoms with Gasteiger partial charge in [0.05, 0.1) is 12.6 Å². The van der Waals surface area contributed by atoms with Gasteiger partial charge in [-0.25, -0.2) is 0 Å². The maximum atomic E-state index is 9.80. The third kappa shape index (κ3) is 6.04. The average Bonchev–Trinajstić information content (AvgIpc) is 3.27. The van der Waals surface area contributed by atoms with Gasteiger partial charge in [0.15, 0.2) is 0 Å². The first kappa shape index (κ1) is 18.3. The highest BCUT2D eigenvalue weighted by molar-refractivity contribution is 5.98. The average molecular weight is 346 g/mol. The third-order valence-electron chi connectivity index (χ3n) is 4.77. The molecule has 1 aromatic heterocycles. The molecule has 3 heterocycles. The molecular weight excluding hydrogens is 316 g/mol. The Kier molecular flexibility index (Phi) is 6.75. The van der Waals surface area contributed by atoms with E-state index in [9.17, 15) is 5.11 Å². The van der Waals surface area contributed by atoms with Crippen LogP contribution in [0.1, 0.15) is 12.6 Å². The summed E-state index contributed by atoms with van der Waals surface area (Å²) >= 11 is 0. The summed E-state index contributed by atoms with van der Waals surface area (Å²) in [5.41, 5.74) is 2.33. The van der Waals surface area contributed by atoms with Gasteiger partial charge in [-0.1, -0.05) is 6.08 Å². The van der Waals surface area contributed by atoms with Gasteiger partial charge in [-0.05, 0) is 19.1 Å². The van der Waals surface area contributed by atoms with E-state index in [0.717, 1.165) is 71.1 Å². The van der Waals surface area contributed by atoms with Crippen molar-refractivity contribution in [1.82, 2.24) is 24.9 Å². The quantitative estimate of drug-likeness (QED) is 0.771. The Hall–Kier alpha value is -1.54. The molecule has 0 saturated carbocycles. The van der Waals surface area contributed by atoms with Crippen LogP contribution in [0.3, 0.4) is 0 Å². The molecule has 3 rings (SSSR count). The van der Waals surface area contributed by atoms with Crippen LogP contribution in [0, 0.1) is 0 Å². The van der Waals surface area contributed by atoms with Crippen LogP contribution in [0.25, 0.3) is 0 Å². The molecule has 0 aromatic carbocycles. The van der Waals surface area contributed by atoms with Crippen LogP contribution >= 0.6 is 0 Å². The Labute approximate surface area is 150 Å². The first-order chi connectivity index (χ1) is 12.2. The van der Waals surface area contributed by atoms with Gasteiger partial charge < -0.3 is 5.11 Å². The fourth-order valence-corrected chi connectivity index (χ4v) is 3.41. The molecule has 0 spiro atoms. The zero-order valence-corrected chi connectivity index (χ0v) is 15.1. The van der Waals surface area contributed by atoms with Crippen molar-refractivity contribution in [2.24, 2.45) is 4.99 Å². The van der Waals surface area contributed by atoms with Crippen molar-refractivity contribution in [3.8, 4) is 0 Å². The van der Waals surface area contributed by atoms with E-state index in [1.807, 2.05) is 19.2 Å². The molecule has 1 atom stereocenters. The summed E-state index contributed by atoms with van der Waals surface area (Å²) in [5, 5.41) is 16.9. The number of aromatic nitrogens is 2. The van der Waals surface area contributed by atoms with E-state index in [-0.39, 0.29) is 6.10 Å². The maximum Gasteiger partial charge on any atom is 0.0639 e. The number of aliphatic hydroxyl groups excluding tert-OH is 1. The van der Waals surface area contributed by atoms with Gasteiger partial charge in [-0.2, -0.15) is 5.10 Å². The third-order valence-corrected chi connectivity index (χ3v) is 4.77. The van der Waals surface area contributed by atoms with E-state index in [0.29, 0.717) is 0 Å². The van der Waals surface area contributed by atoms with Gasteiger partial charge in [0.1, 0.15) is 0 Å². The summed E-state index contributed by atoms with van der Waals surface area (Å²) in [5.74, 6) is 0. The van der Waals surface area contributed by atoms with Gasteiger partial charge in [-0.15, -0.1) is 0 Å². The van der Waals surface area contributed by atoms with Crippen LogP contribution in [-0.2, 0) is 6.54 Å². The number of nitrogens with one attached hydrogen (secondary N) is 1. The molecule has 1 saturated heterocycles. The molecular formula is C18H30N6O. The highest BCUT2D eigenvalue weighted by Crippen LogP contribution is 2.07. The van der Waals surface area contributed by atoms with Crippen LogP contribution in [0.4, 0.5) is 0 Å². The summed E-state index contributed by atoms with van der Waals surface area (Å²) in [6.07, 6.45) is 5.78. The molecule has 7 nitrogen and oxygen atoms in total. The van der Waals surface area contributed by atoms with Crippen LogP contribution in [-0.4, -0.2) is 101 Å². The SMILES string of the molecule is C[C@H](O)CN1CCN(CC2=NCC=C2)CCN(Cc2ccn[nH]2)CC1. The van der Waals surface area contributed by atoms with E-state index < -0.39 is 0 Å². The fraction of sp³-hybridized carbons (Fsp3) is 0.667. The lowest BCUT2D eigenvalue weighted by molar-refractivity contribution is 0.117. The van der Waals surface area contributed by atoms with E-state index in [2.05, 4.69) is 42.0 Å². The van der Waals surface area contributed by atoms with Gasteiger partial charge in [0, 0.05) is 76.5 Å². The van der Waals surface area contributed by atoms with Gasteiger partial charge in [0.2, 0.25) is 0 Å².